The third kappa shape index (κ3) is 1.83. The van der Waals surface area contributed by atoms with Gasteiger partial charge in [-0.3, -0.25) is 15.4 Å². The summed E-state index contributed by atoms with van der Waals surface area (Å²) in [7, 11) is 1.74. The first-order valence-corrected chi connectivity index (χ1v) is 3.53. The maximum atomic E-state index is 10.8. The molecule has 1 amide bonds. The average molecular weight is 164 g/mol. The first-order chi connectivity index (χ1) is 4.72. The summed E-state index contributed by atoms with van der Waals surface area (Å²) in [5.74, 6) is -0.0295. The number of hydrogen-bond donors (Lipinski definition) is 3. The summed E-state index contributed by atoms with van der Waals surface area (Å²) in [6, 6.07) is 0. The van der Waals surface area contributed by atoms with Gasteiger partial charge in [0.1, 0.15) is 6.29 Å². The van der Waals surface area contributed by atoms with Crippen LogP contribution in [-0.4, -0.2) is 24.7 Å². The lowest BCUT2D eigenvalue weighted by molar-refractivity contribution is -0.124. The molecule has 1 aliphatic rings. The molecular weight excluding hydrogens is 154 g/mol. The molecule has 0 saturated carbocycles. The van der Waals surface area contributed by atoms with Crippen molar-refractivity contribution in [1.29, 1.82) is 0 Å². The van der Waals surface area contributed by atoms with Crippen molar-refractivity contribution < 1.29 is 4.79 Å². The Bertz CT molecular complexity index is 141. The Morgan fingerprint density at radius 1 is 1.80 bits per heavy atom. The predicted octanol–water partition coefficient (Wildman–Crippen LogP) is -0.836. The molecule has 2 unspecified atom stereocenters. The summed E-state index contributed by atoms with van der Waals surface area (Å²) in [5, 5.41) is 8.41. The second-order valence-corrected chi connectivity index (χ2v) is 2.65. The monoisotopic (exact) mass is 163 g/mol. The number of halogens is 1. The van der Waals surface area contributed by atoms with Gasteiger partial charge in [0.15, 0.2) is 0 Å². The largest absolute Gasteiger partial charge is 0.328 e. The number of rotatable bonds is 1. The minimum atomic E-state index is -0.258. The molecule has 0 aromatic heterocycles. The van der Waals surface area contributed by atoms with E-state index in [4.69, 9.17) is 11.6 Å². The molecular formula is C5H10ClN3O. The number of amides is 1. The second kappa shape index (κ2) is 3.18. The van der Waals surface area contributed by atoms with Crippen LogP contribution in [0.4, 0.5) is 0 Å². The van der Waals surface area contributed by atoms with Gasteiger partial charge in [-0.15, -0.1) is 11.6 Å². The summed E-state index contributed by atoms with van der Waals surface area (Å²) < 4.78 is 0. The highest BCUT2D eigenvalue weighted by atomic mass is 35.5. The Balaban J connectivity index is 2.42. The van der Waals surface area contributed by atoms with Crippen LogP contribution in [0.5, 0.6) is 0 Å². The van der Waals surface area contributed by atoms with Crippen LogP contribution in [0, 0.1) is 0 Å². The van der Waals surface area contributed by atoms with Gasteiger partial charge in [-0.05, 0) is 7.05 Å². The van der Waals surface area contributed by atoms with Crippen LogP contribution in [0.25, 0.3) is 0 Å². The summed E-state index contributed by atoms with van der Waals surface area (Å²) >= 11 is 5.67. The number of carbonyl (C=O) groups excluding carboxylic acids is 1. The van der Waals surface area contributed by atoms with E-state index < -0.39 is 0 Å². The third-order valence-electron chi connectivity index (χ3n) is 1.31. The molecule has 3 N–H and O–H groups in total. The normalized spacial score (nSPS) is 33.6. The molecule has 1 fully saturated rings. The fourth-order valence-electron chi connectivity index (χ4n) is 0.820. The summed E-state index contributed by atoms with van der Waals surface area (Å²) in [6.45, 7) is 0. The highest BCUT2D eigenvalue weighted by Gasteiger charge is 2.21. The fraction of sp³-hybridized carbons (Fsp3) is 0.800. The summed E-state index contributed by atoms with van der Waals surface area (Å²) in [5.41, 5.74) is -0.258. The van der Waals surface area contributed by atoms with Crippen LogP contribution in [-0.2, 0) is 4.79 Å². The molecule has 5 heteroatoms. The van der Waals surface area contributed by atoms with Gasteiger partial charge >= 0.3 is 0 Å². The molecule has 0 aromatic carbocycles. The van der Waals surface area contributed by atoms with Crippen LogP contribution in [0.15, 0.2) is 0 Å². The van der Waals surface area contributed by atoms with Crippen molar-refractivity contribution in [3.05, 3.63) is 0 Å². The van der Waals surface area contributed by atoms with Crippen molar-refractivity contribution in [3.63, 3.8) is 0 Å². The standard InChI is InChI=1S/C5H10ClN3O/c1-7-5-8-3(6)2-4(10)9-5/h3,5,7-8H,2H2,1H3,(H,9,10). The maximum Gasteiger partial charge on any atom is 0.225 e. The van der Waals surface area contributed by atoms with Gasteiger partial charge < -0.3 is 5.32 Å². The molecule has 0 spiro atoms. The summed E-state index contributed by atoms with van der Waals surface area (Å²) in [4.78, 5) is 10.8. The van der Waals surface area contributed by atoms with E-state index in [9.17, 15) is 4.79 Å². The maximum absolute atomic E-state index is 10.8. The highest BCUT2D eigenvalue weighted by molar-refractivity contribution is 6.21. The number of carbonyl (C=O) groups is 1. The molecule has 0 bridgehead atoms. The Morgan fingerprint density at radius 3 is 3.00 bits per heavy atom. The van der Waals surface area contributed by atoms with Crippen LogP contribution in [0.3, 0.4) is 0 Å². The highest BCUT2D eigenvalue weighted by Crippen LogP contribution is 2.02. The molecule has 0 aromatic rings. The Morgan fingerprint density at radius 2 is 2.50 bits per heavy atom. The van der Waals surface area contributed by atoms with Gasteiger partial charge in [-0.2, -0.15) is 0 Å². The van der Waals surface area contributed by atoms with Crippen molar-refractivity contribution >= 4 is 17.5 Å². The topological polar surface area (TPSA) is 53.2 Å². The molecule has 0 aliphatic carbocycles. The van der Waals surface area contributed by atoms with Gasteiger partial charge in [0.25, 0.3) is 0 Å². The van der Waals surface area contributed by atoms with Crippen molar-refractivity contribution in [2.45, 2.75) is 18.2 Å². The zero-order chi connectivity index (χ0) is 7.56. The van der Waals surface area contributed by atoms with Crippen LogP contribution >= 0.6 is 11.6 Å². The summed E-state index contributed by atoms with van der Waals surface area (Å²) in [6.07, 6.45) is 0.142. The first kappa shape index (κ1) is 7.78. The van der Waals surface area contributed by atoms with Gasteiger partial charge in [-0.25, -0.2) is 0 Å². The lowest BCUT2D eigenvalue weighted by Crippen LogP contribution is -2.60. The van der Waals surface area contributed by atoms with Crippen LogP contribution in [0.2, 0.25) is 0 Å². The zero-order valence-electron chi connectivity index (χ0n) is 5.65. The molecule has 10 heavy (non-hydrogen) atoms. The molecule has 1 aliphatic heterocycles. The Kier molecular flexibility index (Phi) is 2.48. The minimum absolute atomic E-state index is 0.0295. The number of nitrogens with one attached hydrogen (secondary N) is 3. The minimum Gasteiger partial charge on any atom is -0.328 e. The van der Waals surface area contributed by atoms with E-state index in [-0.39, 0.29) is 17.7 Å². The lowest BCUT2D eigenvalue weighted by atomic mass is 10.3. The van der Waals surface area contributed by atoms with E-state index >= 15 is 0 Å². The molecule has 1 rings (SSSR count). The number of hydrogen-bond acceptors (Lipinski definition) is 3. The van der Waals surface area contributed by atoms with Gasteiger partial charge in [0.2, 0.25) is 5.91 Å². The van der Waals surface area contributed by atoms with Gasteiger partial charge in [0.05, 0.1) is 11.9 Å². The van der Waals surface area contributed by atoms with Crippen molar-refractivity contribution in [2.24, 2.45) is 0 Å². The van der Waals surface area contributed by atoms with Crippen molar-refractivity contribution in [1.82, 2.24) is 16.0 Å². The molecule has 0 radical (unpaired) electrons. The SMILES string of the molecule is CNC1NC(=O)CC(Cl)N1. The Labute approximate surface area is 64.3 Å². The lowest BCUT2D eigenvalue weighted by Gasteiger charge is -2.27. The Hall–Kier alpha value is -0.320. The first-order valence-electron chi connectivity index (χ1n) is 3.09. The van der Waals surface area contributed by atoms with Crippen molar-refractivity contribution in [2.75, 3.05) is 7.05 Å². The average Bonchev–Trinajstić information content (AvgIpc) is 1.85. The molecule has 4 nitrogen and oxygen atoms in total. The van der Waals surface area contributed by atoms with Crippen LogP contribution < -0.4 is 16.0 Å². The fourth-order valence-corrected chi connectivity index (χ4v) is 1.09. The number of alkyl halides is 1. The molecule has 2 atom stereocenters. The van der Waals surface area contributed by atoms with Crippen molar-refractivity contribution in [3.8, 4) is 0 Å². The molecule has 1 saturated heterocycles. The smallest absolute Gasteiger partial charge is 0.225 e. The quantitative estimate of drug-likeness (QED) is 0.349. The molecule has 1 heterocycles. The van der Waals surface area contributed by atoms with E-state index in [1.165, 1.54) is 0 Å². The predicted molar refractivity (Wildman–Crippen MR) is 38.4 cm³/mol. The van der Waals surface area contributed by atoms with E-state index in [2.05, 4.69) is 16.0 Å². The van der Waals surface area contributed by atoms with Gasteiger partial charge in [0, 0.05) is 0 Å². The van der Waals surface area contributed by atoms with E-state index in [0.29, 0.717) is 6.42 Å². The van der Waals surface area contributed by atoms with Gasteiger partial charge in [-0.1, -0.05) is 0 Å². The third-order valence-corrected chi connectivity index (χ3v) is 1.59. The van der Waals surface area contributed by atoms with E-state index in [0.717, 1.165) is 0 Å². The zero-order valence-corrected chi connectivity index (χ0v) is 6.40. The van der Waals surface area contributed by atoms with Crippen LogP contribution in [0.1, 0.15) is 6.42 Å². The van der Waals surface area contributed by atoms with E-state index in [1.807, 2.05) is 0 Å². The second-order valence-electron chi connectivity index (χ2n) is 2.13. The van der Waals surface area contributed by atoms with E-state index in [1.54, 1.807) is 7.05 Å². The molecule has 58 valence electrons.